The number of ether oxygens (including phenoxy) is 1. The van der Waals surface area contributed by atoms with Crippen LogP contribution < -0.4 is 10.1 Å². The summed E-state index contributed by atoms with van der Waals surface area (Å²) >= 11 is 1.51. The SMILES string of the molecule is COc1cccc2cc(C(=O)Nc3sc4c(c3C#N)CCC(C)C4)oc12. The van der Waals surface area contributed by atoms with Crippen LogP contribution in [-0.4, -0.2) is 13.0 Å². The molecule has 5 nitrogen and oxygen atoms in total. The number of nitriles is 1. The Morgan fingerprint density at radius 2 is 2.31 bits per heavy atom. The standard InChI is InChI=1S/C20H18N2O3S/c1-11-6-7-13-14(10-21)20(26-17(13)8-11)22-19(23)16-9-12-4-3-5-15(24-2)18(12)25-16/h3-5,9,11H,6-8H2,1-2H3,(H,22,23). The number of amides is 1. The van der Waals surface area contributed by atoms with Crippen LogP contribution in [0.3, 0.4) is 0 Å². The lowest BCUT2D eigenvalue weighted by Gasteiger charge is -2.17. The zero-order valence-corrected chi connectivity index (χ0v) is 15.4. The number of nitrogens with one attached hydrogen (secondary N) is 1. The summed E-state index contributed by atoms with van der Waals surface area (Å²) in [5.41, 5.74) is 2.23. The van der Waals surface area contributed by atoms with E-state index in [1.165, 1.54) is 16.2 Å². The smallest absolute Gasteiger partial charge is 0.292 e. The van der Waals surface area contributed by atoms with E-state index in [0.717, 1.165) is 30.2 Å². The van der Waals surface area contributed by atoms with Crippen molar-refractivity contribution in [2.45, 2.75) is 26.2 Å². The van der Waals surface area contributed by atoms with Gasteiger partial charge in [0.2, 0.25) is 0 Å². The minimum absolute atomic E-state index is 0.202. The van der Waals surface area contributed by atoms with Gasteiger partial charge in [-0.1, -0.05) is 19.1 Å². The molecule has 0 radical (unpaired) electrons. The Kier molecular flexibility index (Phi) is 4.17. The predicted octanol–water partition coefficient (Wildman–Crippen LogP) is 4.75. The highest BCUT2D eigenvalue weighted by Gasteiger charge is 2.25. The lowest BCUT2D eigenvalue weighted by molar-refractivity contribution is 0.0999. The minimum Gasteiger partial charge on any atom is -0.493 e. The number of thiophene rings is 1. The number of para-hydroxylation sites is 1. The van der Waals surface area contributed by atoms with Gasteiger partial charge in [-0.2, -0.15) is 5.26 Å². The highest BCUT2D eigenvalue weighted by Crippen LogP contribution is 2.39. The van der Waals surface area contributed by atoms with Crippen LogP contribution in [0.4, 0.5) is 5.00 Å². The van der Waals surface area contributed by atoms with Crippen LogP contribution in [0.2, 0.25) is 0 Å². The first-order valence-corrected chi connectivity index (χ1v) is 9.35. The molecule has 6 heteroatoms. The second-order valence-corrected chi connectivity index (χ2v) is 7.72. The van der Waals surface area contributed by atoms with E-state index in [-0.39, 0.29) is 11.7 Å². The molecule has 0 saturated heterocycles. The van der Waals surface area contributed by atoms with Gasteiger partial charge in [-0.3, -0.25) is 4.79 Å². The molecule has 1 aliphatic rings. The highest BCUT2D eigenvalue weighted by molar-refractivity contribution is 7.16. The van der Waals surface area contributed by atoms with Crippen molar-refractivity contribution in [1.29, 1.82) is 5.26 Å². The quantitative estimate of drug-likeness (QED) is 0.726. The van der Waals surface area contributed by atoms with Crippen molar-refractivity contribution in [2.24, 2.45) is 5.92 Å². The Labute approximate surface area is 155 Å². The molecule has 4 rings (SSSR count). The van der Waals surface area contributed by atoms with Gasteiger partial charge in [0, 0.05) is 10.3 Å². The van der Waals surface area contributed by atoms with Crippen LogP contribution in [0, 0.1) is 17.2 Å². The fourth-order valence-corrected chi connectivity index (χ4v) is 4.79. The molecule has 1 aliphatic carbocycles. The fourth-order valence-electron chi connectivity index (χ4n) is 3.43. The number of hydrogen-bond donors (Lipinski definition) is 1. The van der Waals surface area contributed by atoms with Gasteiger partial charge in [-0.05, 0) is 42.9 Å². The summed E-state index contributed by atoms with van der Waals surface area (Å²) in [6.07, 6.45) is 2.94. The van der Waals surface area contributed by atoms with Crippen LogP contribution in [0.15, 0.2) is 28.7 Å². The van der Waals surface area contributed by atoms with Gasteiger partial charge < -0.3 is 14.5 Å². The van der Waals surface area contributed by atoms with Crippen molar-refractivity contribution in [1.82, 2.24) is 0 Å². The van der Waals surface area contributed by atoms with Gasteiger partial charge in [-0.25, -0.2) is 0 Å². The summed E-state index contributed by atoms with van der Waals surface area (Å²) in [5.74, 6) is 1.04. The summed E-state index contributed by atoms with van der Waals surface area (Å²) in [6, 6.07) is 9.46. The third kappa shape index (κ3) is 2.74. The van der Waals surface area contributed by atoms with E-state index >= 15 is 0 Å². The molecule has 1 atom stereocenters. The second-order valence-electron chi connectivity index (χ2n) is 6.61. The molecule has 132 valence electrons. The molecule has 3 aromatic rings. The fraction of sp³-hybridized carbons (Fsp3) is 0.300. The third-order valence-electron chi connectivity index (χ3n) is 4.80. The average Bonchev–Trinajstić information content (AvgIpc) is 3.21. The summed E-state index contributed by atoms with van der Waals surface area (Å²) in [5, 5.41) is 13.8. The van der Waals surface area contributed by atoms with Crippen molar-refractivity contribution in [3.8, 4) is 11.8 Å². The van der Waals surface area contributed by atoms with Gasteiger partial charge in [0.1, 0.15) is 11.1 Å². The van der Waals surface area contributed by atoms with Crippen LogP contribution in [0.1, 0.15) is 39.9 Å². The van der Waals surface area contributed by atoms with Crippen LogP contribution in [0.5, 0.6) is 5.75 Å². The number of fused-ring (bicyclic) bond motifs is 2. The van der Waals surface area contributed by atoms with Crippen LogP contribution in [0.25, 0.3) is 11.0 Å². The zero-order chi connectivity index (χ0) is 18.3. The van der Waals surface area contributed by atoms with Crippen molar-refractivity contribution >= 4 is 33.2 Å². The first kappa shape index (κ1) is 16.7. The van der Waals surface area contributed by atoms with Crippen molar-refractivity contribution in [2.75, 3.05) is 12.4 Å². The Hall–Kier alpha value is -2.78. The number of benzene rings is 1. The Morgan fingerprint density at radius 3 is 3.08 bits per heavy atom. The molecular formula is C20H18N2O3S. The maximum Gasteiger partial charge on any atom is 0.292 e. The molecule has 1 amide bonds. The first-order chi connectivity index (χ1) is 12.6. The molecule has 0 fully saturated rings. The lowest BCUT2D eigenvalue weighted by atomic mass is 9.89. The molecule has 1 N–H and O–H groups in total. The number of anilines is 1. The topological polar surface area (TPSA) is 75.3 Å². The van der Waals surface area contributed by atoms with E-state index in [2.05, 4.69) is 18.3 Å². The van der Waals surface area contributed by atoms with Crippen molar-refractivity contribution in [3.05, 3.63) is 46.0 Å². The largest absolute Gasteiger partial charge is 0.493 e. The van der Waals surface area contributed by atoms with Gasteiger partial charge in [0.05, 0.1) is 12.7 Å². The number of carbonyl (C=O) groups excluding carboxylic acids is 1. The van der Waals surface area contributed by atoms with Crippen LogP contribution >= 0.6 is 11.3 Å². The number of hydrogen-bond acceptors (Lipinski definition) is 5. The molecule has 2 heterocycles. The maximum atomic E-state index is 12.7. The second kappa shape index (κ2) is 6.50. The first-order valence-electron chi connectivity index (χ1n) is 8.53. The normalized spacial score (nSPS) is 16.1. The summed E-state index contributed by atoms with van der Waals surface area (Å²) < 4.78 is 11.0. The van der Waals surface area contributed by atoms with E-state index in [1.807, 2.05) is 12.1 Å². The summed E-state index contributed by atoms with van der Waals surface area (Å²) in [6.45, 7) is 2.22. The Balaban J connectivity index is 1.66. The molecule has 1 unspecified atom stereocenters. The summed E-state index contributed by atoms with van der Waals surface area (Å²) in [7, 11) is 1.56. The van der Waals surface area contributed by atoms with E-state index < -0.39 is 0 Å². The van der Waals surface area contributed by atoms with E-state index in [0.29, 0.717) is 27.8 Å². The number of rotatable bonds is 3. The Morgan fingerprint density at radius 1 is 1.46 bits per heavy atom. The van der Waals surface area contributed by atoms with E-state index in [4.69, 9.17) is 9.15 Å². The predicted molar refractivity (Wildman–Crippen MR) is 101 cm³/mol. The molecular weight excluding hydrogens is 348 g/mol. The van der Waals surface area contributed by atoms with Gasteiger partial charge >= 0.3 is 0 Å². The Bertz CT molecular complexity index is 1040. The van der Waals surface area contributed by atoms with Crippen LogP contribution in [-0.2, 0) is 12.8 Å². The van der Waals surface area contributed by atoms with E-state index in [9.17, 15) is 10.1 Å². The van der Waals surface area contributed by atoms with Gasteiger partial charge in [0.25, 0.3) is 5.91 Å². The van der Waals surface area contributed by atoms with E-state index in [1.54, 1.807) is 19.2 Å². The average molecular weight is 366 g/mol. The third-order valence-corrected chi connectivity index (χ3v) is 5.97. The van der Waals surface area contributed by atoms with Gasteiger partial charge in [0.15, 0.2) is 17.1 Å². The number of nitrogens with zero attached hydrogens (tertiary/aromatic N) is 1. The van der Waals surface area contributed by atoms with Crippen molar-refractivity contribution < 1.29 is 13.9 Å². The molecule has 0 saturated carbocycles. The summed E-state index contributed by atoms with van der Waals surface area (Å²) in [4.78, 5) is 13.9. The molecule has 0 bridgehead atoms. The maximum absolute atomic E-state index is 12.7. The molecule has 26 heavy (non-hydrogen) atoms. The molecule has 1 aromatic carbocycles. The molecule has 0 aliphatic heterocycles. The minimum atomic E-state index is -0.355. The number of carbonyl (C=O) groups is 1. The number of furan rings is 1. The monoisotopic (exact) mass is 366 g/mol. The molecule has 0 spiro atoms. The van der Waals surface area contributed by atoms with Crippen molar-refractivity contribution in [3.63, 3.8) is 0 Å². The zero-order valence-electron chi connectivity index (χ0n) is 14.6. The highest BCUT2D eigenvalue weighted by atomic mass is 32.1. The molecule has 2 aromatic heterocycles. The lowest BCUT2D eigenvalue weighted by Crippen LogP contribution is -2.11. The number of methoxy groups -OCH3 is 1. The van der Waals surface area contributed by atoms with Gasteiger partial charge in [-0.15, -0.1) is 11.3 Å².